The zero-order valence-electron chi connectivity index (χ0n) is 11.2. The van der Waals surface area contributed by atoms with Crippen LogP contribution in [0.15, 0.2) is 54.6 Å². The first-order valence-corrected chi connectivity index (χ1v) is 6.83. The van der Waals surface area contributed by atoms with Gasteiger partial charge < -0.3 is 10.1 Å². The standard InChI is InChI=1S/C17H17NO2/c19-17(20-12-13-6-2-1-3-7-13)16-10-14-8-4-5-9-15(14)11-18-16/h1-9,16,18H,10-12H2/t16-/m0/s1. The Morgan fingerprint density at radius 3 is 2.55 bits per heavy atom. The third kappa shape index (κ3) is 2.89. The highest BCUT2D eigenvalue weighted by atomic mass is 16.5. The lowest BCUT2D eigenvalue weighted by Crippen LogP contribution is -2.42. The van der Waals surface area contributed by atoms with Gasteiger partial charge in [0.05, 0.1) is 0 Å². The number of carbonyl (C=O) groups excluding carboxylic acids is 1. The van der Waals surface area contributed by atoms with Crippen molar-refractivity contribution in [2.24, 2.45) is 0 Å². The number of hydrogen-bond acceptors (Lipinski definition) is 3. The summed E-state index contributed by atoms with van der Waals surface area (Å²) in [5.41, 5.74) is 3.50. The maximum absolute atomic E-state index is 12.1. The molecule has 0 saturated heterocycles. The molecule has 1 aliphatic rings. The lowest BCUT2D eigenvalue weighted by molar-refractivity contribution is -0.147. The molecule has 20 heavy (non-hydrogen) atoms. The molecule has 3 nitrogen and oxygen atoms in total. The Hall–Kier alpha value is -2.13. The third-order valence-corrected chi connectivity index (χ3v) is 3.59. The van der Waals surface area contributed by atoms with Crippen molar-refractivity contribution in [1.82, 2.24) is 5.32 Å². The highest BCUT2D eigenvalue weighted by molar-refractivity contribution is 5.76. The van der Waals surface area contributed by atoms with Crippen molar-refractivity contribution >= 4 is 5.97 Å². The van der Waals surface area contributed by atoms with E-state index in [9.17, 15) is 4.79 Å². The van der Waals surface area contributed by atoms with Crippen molar-refractivity contribution in [3.63, 3.8) is 0 Å². The number of rotatable bonds is 3. The van der Waals surface area contributed by atoms with Gasteiger partial charge in [-0.1, -0.05) is 54.6 Å². The van der Waals surface area contributed by atoms with Gasteiger partial charge in [0, 0.05) is 6.54 Å². The minimum absolute atomic E-state index is 0.177. The van der Waals surface area contributed by atoms with E-state index in [4.69, 9.17) is 4.74 Å². The molecule has 1 N–H and O–H groups in total. The summed E-state index contributed by atoms with van der Waals surface area (Å²) in [5.74, 6) is -0.177. The van der Waals surface area contributed by atoms with Crippen LogP contribution in [-0.2, 0) is 29.1 Å². The first-order chi connectivity index (χ1) is 9.83. The van der Waals surface area contributed by atoms with E-state index in [1.165, 1.54) is 11.1 Å². The van der Waals surface area contributed by atoms with Gasteiger partial charge in [0.1, 0.15) is 12.6 Å². The normalized spacial score (nSPS) is 17.3. The second-order valence-electron chi connectivity index (χ2n) is 5.00. The van der Waals surface area contributed by atoms with Crippen molar-refractivity contribution in [1.29, 1.82) is 0 Å². The predicted octanol–water partition coefficient (Wildman–Crippen LogP) is 2.44. The molecule has 0 bridgehead atoms. The molecule has 1 atom stereocenters. The quantitative estimate of drug-likeness (QED) is 0.868. The van der Waals surface area contributed by atoms with Gasteiger partial charge >= 0.3 is 5.97 Å². The van der Waals surface area contributed by atoms with E-state index in [0.29, 0.717) is 13.0 Å². The molecular formula is C17H17NO2. The van der Waals surface area contributed by atoms with Crippen molar-refractivity contribution in [2.75, 3.05) is 0 Å². The fourth-order valence-electron chi connectivity index (χ4n) is 2.45. The molecule has 2 aromatic rings. The predicted molar refractivity (Wildman–Crippen MR) is 77.0 cm³/mol. The molecule has 0 radical (unpaired) electrons. The summed E-state index contributed by atoms with van der Waals surface area (Å²) in [6, 6.07) is 17.7. The van der Waals surface area contributed by atoms with Crippen molar-refractivity contribution in [3.8, 4) is 0 Å². The Balaban J connectivity index is 1.59. The van der Waals surface area contributed by atoms with Gasteiger partial charge in [-0.15, -0.1) is 0 Å². The average molecular weight is 267 g/mol. The summed E-state index contributed by atoms with van der Waals surface area (Å²) < 4.78 is 5.38. The Morgan fingerprint density at radius 1 is 1.05 bits per heavy atom. The first-order valence-electron chi connectivity index (χ1n) is 6.83. The molecule has 1 heterocycles. The largest absolute Gasteiger partial charge is 0.460 e. The number of benzene rings is 2. The zero-order chi connectivity index (χ0) is 13.8. The minimum atomic E-state index is -0.242. The molecule has 0 aliphatic carbocycles. The van der Waals surface area contributed by atoms with Crippen molar-refractivity contribution in [2.45, 2.75) is 25.6 Å². The third-order valence-electron chi connectivity index (χ3n) is 3.59. The van der Waals surface area contributed by atoms with Crippen LogP contribution >= 0.6 is 0 Å². The number of hydrogen-bond donors (Lipinski definition) is 1. The maximum atomic E-state index is 12.1. The first kappa shape index (κ1) is 12.9. The lowest BCUT2D eigenvalue weighted by atomic mass is 9.96. The maximum Gasteiger partial charge on any atom is 0.323 e. The highest BCUT2D eigenvalue weighted by Gasteiger charge is 2.24. The molecule has 3 rings (SSSR count). The van der Waals surface area contributed by atoms with Crippen LogP contribution in [0, 0.1) is 0 Å². The molecule has 2 aromatic carbocycles. The SMILES string of the molecule is O=C(OCc1ccccc1)[C@@H]1Cc2ccccc2CN1. The van der Waals surface area contributed by atoms with Gasteiger partial charge in [-0.2, -0.15) is 0 Å². The zero-order valence-corrected chi connectivity index (χ0v) is 11.2. The van der Waals surface area contributed by atoms with Crippen LogP contribution in [0.5, 0.6) is 0 Å². The van der Waals surface area contributed by atoms with Crippen LogP contribution in [-0.4, -0.2) is 12.0 Å². The Kier molecular flexibility index (Phi) is 3.79. The fraction of sp³-hybridized carbons (Fsp3) is 0.235. The monoisotopic (exact) mass is 267 g/mol. The number of nitrogens with one attached hydrogen (secondary N) is 1. The van der Waals surface area contributed by atoms with Crippen molar-refractivity contribution < 1.29 is 9.53 Å². The number of esters is 1. The fourth-order valence-corrected chi connectivity index (χ4v) is 2.45. The Bertz CT molecular complexity index is 595. The van der Waals surface area contributed by atoms with Gasteiger partial charge in [-0.25, -0.2) is 0 Å². The summed E-state index contributed by atoms with van der Waals surface area (Å²) in [6.07, 6.45) is 0.698. The molecule has 0 saturated carbocycles. The van der Waals surface area contributed by atoms with Gasteiger partial charge in [-0.3, -0.25) is 4.79 Å². The molecule has 102 valence electrons. The molecule has 0 spiro atoms. The smallest absolute Gasteiger partial charge is 0.323 e. The minimum Gasteiger partial charge on any atom is -0.460 e. The lowest BCUT2D eigenvalue weighted by Gasteiger charge is -2.24. The van der Waals surface area contributed by atoms with E-state index in [0.717, 1.165) is 12.1 Å². The van der Waals surface area contributed by atoms with E-state index in [2.05, 4.69) is 17.4 Å². The molecule has 0 unspecified atom stereocenters. The molecular weight excluding hydrogens is 250 g/mol. The molecule has 3 heteroatoms. The summed E-state index contributed by atoms with van der Waals surface area (Å²) in [5, 5.41) is 3.24. The second kappa shape index (κ2) is 5.88. The molecule has 0 fully saturated rings. The number of fused-ring (bicyclic) bond motifs is 1. The Morgan fingerprint density at radius 2 is 1.75 bits per heavy atom. The Labute approximate surface area is 118 Å². The highest BCUT2D eigenvalue weighted by Crippen LogP contribution is 2.17. The van der Waals surface area contributed by atoms with Crippen LogP contribution in [0.25, 0.3) is 0 Å². The number of ether oxygens (including phenoxy) is 1. The molecule has 0 amide bonds. The van der Waals surface area contributed by atoms with Crippen LogP contribution in [0.4, 0.5) is 0 Å². The van der Waals surface area contributed by atoms with Gasteiger partial charge in [0.25, 0.3) is 0 Å². The van der Waals surface area contributed by atoms with Gasteiger partial charge in [0.2, 0.25) is 0 Å². The van der Waals surface area contributed by atoms with Crippen LogP contribution in [0.1, 0.15) is 16.7 Å². The van der Waals surface area contributed by atoms with Crippen LogP contribution in [0.3, 0.4) is 0 Å². The van der Waals surface area contributed by atoms with Crippen LogP contribution < -0.4 is 5.32 Å². The number of carbonyl (C=O) groups is 1. The van der Waals surface area contributed by atoms with Crippen molar-refractivity contribution in [3.05, 3.63) is 71.3 Å². The van der Waals surface area contributed by atoms with E-state index in [1.54, 1.807) is 0 Å². The van der Waals surface area contributed by atoms with E-state index in [-0.39, 0.29) is 12.0 Å². The summed E-state index contributed by atoms with van der Waals surface area (Å²) >= 11 is 0. The van der Waals surface area contributed by atoms with Gasteiger partial charge in [-0.05, 0) is 23.1 Å². The van der Waals surface area contributed by atoms with Gasteiger partial charge in [0.15, 0.2) is 0 Å². The molecule has 0 aromatic heterocycles. The van der Waals surface area contributed by atoms with E-state index >= 15 is 0 Å². The topological polar surface area (TPSA) is 38.3 Å². The van der Waals surface area contributed by atoms with E-state index < -0.39 is 0 Å². The van der Waals surface area contributed by atoms with Crippen LogP contribution in [0.2, 0.25) is 0 Å². The summed E-state index contributed by atoms with van der Waals surface area (Å²) in [7, 11) is 0. The summed E-state index contributed by atoms with van der Waals surface area (Å²) in [4.78, 5) is 12.1. The van der Waals surface area contributed by atoms with E-state index in [1.807, 2.05) is 42.5 Å². The molecule has 1 aliphatic heterocycles. The average Bonchev–Trinajstić information content (AvgIpc) is 2.53. The summed E-state index contributed by atoms with van der Waals surface area (Å²) in [6.45, 7) is 1.06. The second-order valence-corrected chi connectivity index (χ2v) is 5.00.